The van der Waals surface area contributed by atoms with Crippen molar-refractivity contribution in [1.29, 1.82) is 10.5 Å². The molecule has 0 saturated heterocycles. The van der Waals surface area contributed by atoms with Crippen LogP contribution in [0.25, 0.3) is 77.2 Å². The minimum Gasteiger partial charge on any atom is -0.309 e. The topological polar surface area (TPSA) is 57.4 Å². The van der Waals surface area contributed by atoms with E-state index in [-0.39, 0.29) is 0 Å². The number of aromatic nitrogens is 2. The number of para-hydroxylation sites is 5. The fraction of sp³-hybridized carbons (Fsp3) is 0. The van der Waals surface area contributed by atoms with Gasteiger partial charge >= 0.3 is 0 Å². The minimum absolute atomic E-state index is 0.628. The van der Waals surface area contributed by atoms with Crippen molar-refractivity contribution in [3.05, 3.63) is 169 Å². The molecule has 0 N–H and O–H groups in total. The first kappa shape index (κ1) is 27.4. The zero-order valence-electron chi connectivity index (χ0n) is 25.8. The largest absolute Gasteiger partial charge is 0.309 e. The second-order valence-electron chi connectivity index (χ2n) is 12.0. The summed E-state index contributed by atoms with van der Waals surface area (Å²) in [7, 11) is 0. The van der Waals surface area contributed by atoms with Crippen LogP contribution in [0, 0.1) is 22.7 Å². The van der Waals surface area contributed by atoms with E-state index in [0.29, 0.717) is 11.1 Å². The lowest BCUT2D eigenvalue weighted by Gasteiger charge is -2.15. The summed E-state index contributed by atoms with van der Waals surface area (Å²) in [4.78, 5) is 0. The van der Waals surface area contributed by atoms with Crippen LogP contribution in [0.2, 0.25) is 0 Å². The third-order valence-electron chi connectivity index (χ3n) is 9.38. The van der Waals surface area contributed by atoms with Crippen molar-refractivity contribution in [3.8, 4) is 45.8 Å². The van der Waals surface area contributed by atoms with E-state index in [1.165, 1.54) is 0 Å². The number of nitrogens with zero attached hydrogens (tertiary/aromatic N) is 4. The Kier molecular flexibility index (Phi) is 6.22. The van der Waals surface area contributed by atoms with Gasteiger partial charge < -0.3 is 9.13 Å². The zero-order chi connectivity index (χ0) is 32.2. The van der Waals surface area contributed by atoms with Gasteiger partial charge in [-0.3, -0.25) is 0 Å². The first-order chi connectivity index (χ1) is 23.7. The maximum Gasteiger partial charge on any atom is 0.101 e. The molecule has 0 atom stereocenters. The smallest absolute Gasteiger partial charge is 0.101 e. The van der Waals surface area contributed by atoms with E-state index in [2.05, 4.69) is 137 Å². The summed E-state index contributed by atoms with van der Waals surface area (Å²) < 4.78 is 4.55. The Labute approximate surface area is 277 Å². The highest BCUT2D eigenvalue weighted by Gasteiger charge is 2.20. The lowest BCUT2D eigenvalue weighted by Crippen LogP contribution is -1.98. The molecule has 9 aromatic rings. The molecule has 222 valence electrons. The van der Waals surface area contributed by atoms with E-state index in [0.717, 1.165) is 77.2 Å². The van der Waals surface area contributed by atoms with Gasteiger partial charge in [0, 0.05) is 38.4 Å². The Morgan fingerprint density at radius 1 is 0.417 bits per heavy atom. The highest BCUT2D eigenvalue weighted by molar-refractivity contribution is 6.16. The van der Waals surface area contributed by atoms with Crippen molar-refractivity contribution in [3.63, 3.8) is 0 Å². The summed E-state index contributed by atoms with van der Waals surface area (Å²) in [6.07, 6.45) is 0. The molecule has 0 radical (unpaired) electrons. The molecular weight excluding hydrogens is 585 g/mol. The van der Waals surface area contributed by atoms with E-state index in [9.17, 15) is 10.5 Å². The zero-order valence-corrected chi connectivity index (χ0v) is 25.8. The monoisotopic (exact) mass is 610 g/mol. The van der Waals surface area contributed by atoms with Crippen LogP contribution in [0.3, 0.4) is 0 Å². The molecule has 2 heterocycles. The summed E-state index contributed by atoms with van der Waals surface area (Å²) >= 11 is 0. The second-order valence-corrected chi connectivity index (χ2v) is 12.0. The number of rotatable bonds is 4. The van der Waals surface area contributed by atoms with Crippen LogP contribution < -0.4 is 0 Å². The first-order valence-electron chi connectivity index (χ1n) is 15.9. The van der Waals surface area contributed by atoms with Crippen molar-refractivity contribution in [1.82, 2.24) is 9.13 Å². The summed E-state index contributed by atoms with van der Waals surface area (Å²) in [5.74, 6) is 0. The van der Waals surface area contributed by atoms with Crippen LogP contribution in [-0.4, -0.2) is 9.13 Å². The third-order valence-corrected chi connectivity index (χ3v) is 9.38. The quantitative estimate of drug-likeness (QED) is 0.199. The molecule has 0 unspecified atom stereocenters. The van der Waals surface area contributed by atoms with E-state index >= 15 is 0 Å². The van der Waals surface area contributed by atoms with Gasteiger partial charge in [0.25, 0.3) is 0 Å². The number of nitriles is 2. The average Bonchev–Trinajstić information content (AvgIpc) is 3.68. The lowest BCUT2D eigenvalue weighted by atomic mass is 9.96. The van der Waals surface area contributed by atoms with Gasteiger partial charge in [0.1, 0.15) is 6.07 Å². The molecule has 7 aromatic carbocycles. The molecule has 0 aliphatic heterocycles. The van der Waals surface area contributed by atoms with Gasteiger partial charge in [-0.05, 0) is 65.7 Å². The molecule has 0 spiro atoms. The predicted molar refractivity (Wildman–Crippen MR) is 195 cm³/mol. The van der Waals surface area contributed by atoms with Gasteiger partial charge in [-0.15, -0.1) is 0 Å². The SMILES string of the molecule is N#Cc1ccc2c(c1)c1cccc(-c3cccc(-c4cccc5c6ccccc6n(-c6ccccc6C#N)c45)c3)c1n2-c1ccccc1. The number of fused-ring (bicyclic) bond motifs is 6. The van der Waals surface area contributed by atoms with Crippen LogP contribution >= 0.6 is 0 Å². The van der Waals surface area contributed by atoms with Gasteiger partial charge in [0.15, 0.2) is 0 Å². The van der Waals surface area contributed by atoms with Crippen molar-refractivity contribution < 1.29 is 0 Å². The van der Waals surface area contributed by atoms with E-state index in [1.54, 1.807) is 0 Å². The van der Waals surface area contributed by atoms with Crippen molar-refractivity contribution in [2.75, 3.05) is 0 Å². The van der Waals surface area contributed by atoms with Crippen molar-refractivity contribution >= 4 is 43.6 Å². The van der Waals surface area contributed by atoms with Gasteiger partial charge in [-0.25, -0.2) is 0 Å². The molecule has 0 bridgehead atoms. The van der Waals surface area contributed by atoms with Crippen molar-refractivity contribution in [2.45, 2.75) is 0 Å². The van der Waals surface area contributed by atoms with Gasteiger partial charge in [0.2, 0.25) is 0 Å². The average molecular weight is 611 g/mol. The second kappa shape index (κ2) is 10.9. The van der Waals surface area contributed by atoms with E-state index in [1.807, 2.05) is 42.5 Å². The molecule has 0 amide bonds. The standard InChI is InChI=1S/C44H26N4/c45-27-29-23-24-42-39(25-29)38-20-10-17-34(43(38)47(42)33-14-2-1-3-15-33)30-12-8-13-31(26-30)35-18-9-19-37-36-16-5-7-22-41(36)48(44(35)37)40-21-6-4-11-32(40)28-46/h1-26H. The predicted octanol–water partition coefficient (Wildman–Crippen LogP) is 11.0. The third kappa shape index (κ3) is 4.07. The van der Waals surface area contributed by atoms with Gasteiger partial charge in [-0.1, -0.05) is 103 Å². The Hall–Kier alpha value is -6.88. The Balaban J connectivity index is 1.33. The maximum atomic E-state index is 10.1. The summed E-state index contributed by atoms with van der Waals surface area (Å²) in [5, 5.41) is 24.3. The number of hydrogen-bond donors (Lipinski definition) is 0. The summed E-state index contributed by atoms with van der Waals surface area (Å²) in [6.45, 7) is 0. The molecule has 9 rings (SSSR count). The Morgan fingerprint density at radius 2 is 1.02 bits per heavy atom. The fourth-order valence-corrected chi connectivity index (χ4v) is 7.34. The Bertz CT molecular complexity index is 2800. The molecule has 48 heavy (non-hydrogen) atoms. The molecule has 0 aliphatic rings. The Morgan fingerprint density at radius 3 is 1.77 bits per heavy atom. The normalized spacial score (nSPS) is 11.3. The summed E-state index contributed by atoms with van der Waals surface area (Å²) in [6, 6.07) is 59.0. The molecule has 2 aromatic heterocycles. The fourth-order valence-electron chi connectivity index (χ4n) is 7.34. The highest BCUT2D eigenvalue weighted by Crippen LogP contribution is 2.42. The van der Waals surface area contributed by atoms with Crippen LogP contribution in [0.4, 0.5) is 0 Å². The molecule has 4 heteroatoms. The maximum absolute atomic E-state index is 10.1. The molecule has 4 nitrogen and oxygen atoms in total. The van der Waals surface area contributed by atoms with Crippen molar-refractivity contribution in [2.24, 2.45) is 0 Å². The van der Waals surface area contributed by atoms with Gasteiger partial charge in [0.05, 0.1) is 45.0 Å². The van der Waals surface area contributed by atoms with Crippen LogP contribution in [0.5, 0.6) is 0 Å². The molecule has 0 aliphatic carbocycles. The van der Waals surface area contributed by atoms with E-state index in [4.69, 9.17) is 0 Å². The molecule has 0 saturated carbocycles. The number of benzene rings is 7. The summed E-state index contributed by atoms with van der Waals surface area (Å²) in [5.41, 5.74) is 11.9. The molecular formula is C44H26N4. The molecule has 0 fully saturated rings. The number of hydrogen-bond acceptors (Lipinski definition) is 2. The highest BCUT2D eigenvalue weighted by atomic mass is 15.0. The minimum atomic E-state index is 0.628. The lowest BCUT2D eigenvalue weighted by molar-refractivity contribution is 1.17. The van der Waals surface area contributed by atoms with Crippen LogP contribution in [0.15, 0.2) is 158 Å². The van der Waals surface area contributed by atoms with Crippen LogP contribution in [0.1, 0.15) is 11.1 Å². The van der Waals surface area contributed by atoms with Crippen LogP contribution in [-0.2, 0) is 0 Å². The first-order valence-corrected chi connectivity index (χ1v) is 15.9. The van der Waals surface area contributed by atoms with E-state index < -0.39 is 0 Å². The van der Waals surface area contributed by atoms with Gasteiger partial charge in [-0.2, -0.15) is 10.5 Å².